The first-order chi connectivity index (χ1) is 7.85. The second-order valence-electron chi connectivity index (χ2n) is 3.90. The summed E-state index contributed by atoms with van der Waals surface area (Å²) in [4.78, 5) is 12.6. The van der Waals surface area contributed by atoms with Gasteiger partial charge in [0.1, 0.15) is 0 Å². The van der Waals surface area contributed by atoms with Crippen LogP contribution in [0.25, 0.3) is 0 Å². The monoisotopic (exact) mass is 255 g/mol. The lowest BCUT2D eigenvalue weighted by Gasteiger charge is -2.30. The molecule has 7 heteroatoms. The Morgan fingerprint density at radius 1 is 1.35 bits per heavy atom. The van der Waals surface area contributed by atoms with E-state index in [0.717, 1.165) is 4.90 Å². The maximum Gasteiger partial charge on any atom is 0.401 e. The first-order valence-corrected chi connectivity index (χ1v) is 5.67. The first-order valence-electron chi connectivity index (χ1n) is 5.67. The van der Waals surface area contributed by atoms with Crippen LogP contribution in [0.5, 0.6) is 0 Å². The Bertz CT molecular complexity index is 233. The average Bonchev–Trinajstić information content (AvgIpc) is 2.22. The molecule has 0 fully saturated rings. The number of rotatable bonds is 7. The molecule has 0 radical (unpaired) electrons. The van der Waals surface area contributed by atoms with Gasteiger partial charge in [-0.25, -0.2) is 5.84 Å². The van der Waals surface area contributed by atoms with Gasteiger partial charge in [0.15, 0.2) is 0 Å². The van der Waals surface area contributed by atoms with Gasteiger partial charge < -0.3 is 0 Å². The Kier molecular flexibility index (Phi) is 7.13. The molecule has 4 nitrogen and oxygen atoms in total. The van der Waals surface area contributed by atoms with Crippen LogP contribution in [0.4, 0.5) is 13.2 Å². The fraction of sp³-hybridized carbons (Fsp3) is 0.900. The van der Waals surface area contributed by atoms with Crippen molar-refractivity contribution in [1.29, 1.82) is 0 Å². The molecule has 0 spiro atoms. The second kappa shape index (κ2) is 7.50. The van der Waals surface area contributed by atoms with Crippen molar-refractivity contribution in [2.24, 2.45) is 5.84 Å². The second-order valence-corrected chi connectivity index (χ2v) is 3.90. The van der Waals surface area contributed by atoms with E-state index in [1.165, 1.54) is 0 Å². The zero-order valence-corrected chi connectivity index (χ0v) is 10.2. The number of alkyl halides is 3. The van der Waals surface area contributed by atoms with Crippen LogP contribution in [-0.4, -0.2) is 36.1 Å². The third kappa shape index (κ3) is 6.48. The largest absolute Gasteiger partial charge is 0.401 e. The Morgan fingerprint density at radius 2 is 1.94 bits per heavy atom. The Hall–Kier alpha value is -0.820. The number of amides is 1. The molecule has 1 unspecified atom stereocenters. The molecule has 1 atom stereocenters. The van der Waals surface area contributed by atoms with Crippen LogP contribution in [0.2, 0.25) is 0 Å². The molecule has 0 aromatic heterocycles. The summed E-state index contributed by atoms with van der Waals surface area (Å²) in [6.45, 7) is 2.72. The highest BCUT2D eigenvalue weighted by Crippen LogP contribution is 2.20. The van der Waals surface area contributed by atoms with Crippen molar-refractivity contribution in [1.82, 2.24) is 10.3 Å². The van der Waals surface area contributed by atoms with Crippen LogP contribution >= 0.6 is 0 Å². The smallest absolute Gasteiger partial charge is 0.293 e. The minimum absolute atomic E-state index is 0.220. The Balaban J connectivity index is 4.75. The van der Waals surface area contributed by atoms with Crippen molar-refractivity contribution in [2.45, 2.75) is 45.3 Å². The maximum absolute atomic E-state index is 12.4. The SMILES string of the molecule is CCCC(C(=O)NN)N(CCC)CC(F)(F)F. The van der Waals surface area contributed by atoms with Crippen molar-refractivity contribution >= 4 is 5.91 Å². The van der Waals surface area contributed by atoms with Gasteiger partial charge in [0.25, 0.3) is 5.91 Å². The van der Waals surface area contributed by atoms with E-state index in [2.05, 4.69) is 0 Å². The summed E-state index contributed by atoms with van der Waals surface area (Å²) in [5.74, 6) is 4.43. The van der Waals surface area contributed by atoms with Crippen LogP contribution in [-0.2, 0) is 4.79 Å². The van der Waals surface area contributed by atoms with E-state index in [9.17, 15) is 18.0 Å². The number of nitrogens with zero attached hydrogens (tertiary/aromatic N) is 1. The molecule has 102 valence electrons. The number of halogens is 3. The molecule has 0 rings (SSSR count). The van der Waals surface area contributed by atoms with E-state index in [0.29, 0.717) is 19.3 Å². The lowest BCUT2D eigenvalue weighted by Crippen LogP contribution is -2.51. The highest BCUT2D eigenvalue weighted by molar-refractivity contribution is 5.81. The number of carbonyl (C=O) groups is 1. The van der Waals surface area contributed by atoms with Gasteiger partial charge in [-0.3, -0.25) is 15.1 Å². The van der Waals surface area contributed by atoms with Crippen LogP contribution in [0.15, 0.2) is 0 Å². The summed E-state index contributed by atoms with van der Waals surface area (Å²) in [6.07, 6.45) is -2.78. The van der Waals surface area contributed by atoms with Gasteiger partial charge in [0.05, 0.1) is 12.6 Å². The van der Waals surface area contributed by atoms with Crippen LogP contribution in [0.1, 0.15) is 33.1 Å². The van der Waals surface area contributed by atoms with Gasteiger partial charge in [-0.05, 0) is 19.4 Å². The minimum atomic E-state index is -4.31. The molecule has 3 N–H and O–H groups in total. The number of hydrazine groups is 1. The van der Waals surface area contributed by atoms with Crippen molar-refractivity contribution < 1.29 is 18.0 Å². The highest BCUT2D eigenvalue weighted by atomic mass is 19.4. The summed E-state index contributed by atoms with van der Waals surface area (Å²) in [5, 5.41) is 0. The molecule has 17 heavy (non-hydrogen) atoms. The predicted molar refractivity (Wildman–Crippen MR) is 58.9 cm³/mol. The summed E-state index contributed by atoms with van der Waals surface area (Å²) >= 11 is 0. The van der Waals surface area contributed by atoms with Gasteiger partial charge in [-0.15, -0.1) is 0 Å². The molecule has 0 aromatic rings. The number of carbonyl (C=O) groups excluding carboxylic acids is 1. The normalized spacial score (nSPS) is 13.8. The molecular formula is C10H20F3N3O. The molecule has 0 aliphatic rings. The molecule has 1 amide bonds. The first kappa shape index (κ1) is 16.2. The third-order valence-corrected chi connectivity index (χ3v) is 2.34. The molecule has 0 aromatic carbocycles. The summed E-state index contributed by atoms with van der Waals surface area (Å²) in [5.41, 5.74) is 1.93. The number of hydrogen-bond acceptors (Lipinski definition) is 3. The van der Waals surface area contributed by atoms with Crippen molar-refractivity contribution in [3.63, 3.8) is 0 Å². The average molecular weight is 255 g/mol. The molecule has 0 saturated carbocycles. The summed E-state index contributed by atoms with van der Waals surface area (Å²) in [7, 11) is 0. The molecule has 0 bridgehead atoms. The van der Waals surface area contributed by atoms with E-state index < -0.39 is 24.7 Å². The van der Waals surface area contributed by atoms with E-state index in [-0.39, 0.29) is 6.54 Å². The van der Waals surface area contributed by atoms with Gasteiger partial charge in [0, 0.05) is 0 Å². The molecular weight excluding hydrogens is 235 g/mol. The van der Waals surface area contributed by atoms with Crippen molar-refractivity contribution in [2.75, 3.05) is 13.1 Å². The minimum Gasteiger partial charge on any atom is -0.293 e. The van der Waals surface area contributed by atoms with Gasteiger partial charge >= 0.3 is 6.18 Å². The number of nitrogens with two attached hydrogens (primary N) is 1. The Labute approximate surface area is 99.3 Å². The standard InChI is InChI=1S/C10H20F3N3O/c1-3-5-8(9(17)15-14)16(6-4-2)7-10(11,12)13/h8H,3-7,14H2,1-2H3,(H,15,17). The molecule has 0 aliphatic carbocycles. The lowest BCUT2D eigenvalue weighted by molar-refractivity contribution is -0.155. The van der Waals surface area contributed by atoms with Gasteiger partial charge in [-0.2, -0.15) is 13.2 Å². The highest BCUT2D eigenvalue weighted by Gasteiger charge is 2.35. The topological polar surface area (TPSA) is 58.4 Å². The van der Waals surface area contributed by atoms with E-state index >= 15 is 0 Å². The summed E-state index contributed by atoms with van der Waals surface area (Å²) < 4.78 is 37.2. The number of hydrogen-bond donors (Lipinski definition) is 2. The van der Waals surface area contributed by atoms with E-state index in [1.54, 1.807) is 6.92 Å². The van der Waals surface area contributed by atoms with E-state index in [1.807, 2.05) is 12.3 Å². The van der Waals surface area contributed by atoms with Crippen LogP contribution in [0.3, 0.4) is 0 Å². The zero-order chi connectivity index (χ0) is 13.5. The molecule has 0 saturated heterocycles. The van der Waals surface area contributed by atoms with Gasteiger partial charge in [0.2, 0.25) is 0 Å². The quantitative estimate of drug-likeness (QED) is 0.411. The van der Waals surface area contributed by atoms with Crippen molar-refractivity contribution in [3.8, 4) is 0 Å². The molecule has 0 aliphatic heterocycles. The lowest BCUT2D eigenvalue weighted by atomic mass is 10.1. The van der Waals surface area contributed by atoms with E-state index in [4.69, 9.17) is 5.84 Å². The van der Waals surface area contributed by atoms with Gasteiger partial charge in [-0.1, -0.05) is 20.3 Å². The van der Waals surface area contributed by atoms with Crippen LogP contribution < -0.4 is 11.3 Å². The maximum atomic E-state index is 12.4. The third-order valence-electron chi connectivity index (χ3n) is 2.34. The zero-order valence-electron chi connectivity index (χ0n) is 10.2. The number of nitrogens with one attached hydrogen (secondary N) is 1. The fourth-order valence-corrected chi connectivity index (χ4v) is 1.71. The van der Waals surface area contributed by atoms with Crippen molar-refractivity contribution in [3.05, 3.63) is 0 Å². The predicted octanol–water partition coefficient (Wildman–Crippen LogP) is 1.42. The fourth-order valence-electron chi connectivity index (χ4n) is 1.71. The van der Waals surface area contributed by atoms with Crippen LogP contribution in [0, 0.1) is 0 Å². The molecule has 0 heterocycles. The summed E-state index contributed by atoms with van der Waals surface area (Å²) in [6, 6.07) is -0.813. The Morgan fingerprint density at radius 3 is 2.29 bits per heavy atom.